The number of rotatable bonds is 5. The lowest BCUT2D eigenvalue weighted by Crippen LogP contribution is -2.31. The van der Waals surface area contributed by atoms with Crippen LogP contribution in [0.15, 0.2) is 33.2 Å². The summed E-state index contributed by atoms with van der Waals surface area (Å²) in [7, 11) is 0. The van der Waals surface area contributed by atoms with E-state index in [1.54, 1.807) is 19.9 Å². The second-order valence-corrected chi connectivity index (χ2v) is 6.08. The van der Waals surface area contributed by atoms with E-state index in [1.165, 1.54) is 0 Å². The van der Waals surface area contributed by atoms with E-state index in [1.807, 2.05) is 32.0 Å². The van der Waals surface area contributed by atoms with Gasteiger partial charge in [-0.15, -0.1) is 0 Å². The second-order valence-electron chi connectivity index (χ2n) is 6.08. The largest absolute Gasteiger partial charge is 0.440 e. The first-order chi connectivity index (χ1) is 11.4. The van der Waals surface area contributed by atoms with Crippen molar-refractivity contribution in [2.45, 2.75) is 39.7 Å². The molecule has 0 radical (unpaired) electrons. The highest BCUT2D eigenvalue weighted by atomic mass is 16.5. The van der Waals surface area contributed by atoms with Gasteiger partial charge in [0.15, 0.2) is 11.5 Å². The Morgan fingerprint density at radius 1 is 1.21 bits per heavy atom. The van der Waals surface area contributed by atoms with Crippen LogP contribution in [0.2, 0.25) is 0 Å². The average Bonchev–Trinajstić information content (AvgIpc) is 3.12. The van der Waals surface area contributed by atoms with Gasteiger partial charge >= 0.3 is 0 Å². The molecule has 24 heavy (non-hydrogen) atoms. The Morgan fingerprint density at radius 2 is 2.00 bits per heavy atom. The molecule has 126 valence electrons. The monoisotopic (exact) mass is 328 g/mol. The van der Waals surface area contributed by atoms with Crippen LogP contribution >= 0.6 is 0 Å². The van der Waals surface area contributed by atoms with Crippen molar-refractivity contribution in [2.24, 2.45) is 0 Å². The molecule has 0 saturated heterocycles. The summed E-state index contributed by atoms with van der Waals surface area (Å²) in [5, 5.41) is 9.55. The Kier molecular flexibility index (Phi) is 4.24. The van der Waals surface area contributed by atoms with Gasteiger partial charge in [-0.2, -0.15) is 0 Å². The molecule has 2 heterocycles. The molecule has 0 bridgehead atoms. The minimum absolute atomic E-state index is 0.214. The van der Waals surface area contributed by atoms with Crippen molar-refractivity contribution in [1.82, 2.24) is 10.1 Å². The Hall–Kier alpha value is -2.83. The number of nitrogens with zero attached hydrogens (tertiary/aromatic N) is 2. The van der Waals surface area contributed by atoms with Crippen molar-refractivity contribution in [3.05, 3.63) is 35.9 Å². The number of nitrogens with one attached hydrogen (secondary N) is 2. The van der Waals surface area contributed by atoms with Gasteiger partial charge in [0.2, 0.25) is 11.8 Å². The topological polar surface area (TPSA) is 93.2 Å². The third-order valence-electron chi connectivity index (χ3n) is 3.55. The van der Waals surface area contributed by atoms with E-state index in [0.29, 0.717) is 17.5 Å². The summed E-state index contributed by atoms with van der Waals surface area (Å²) in [6.45, 7) is 7.62. The van der Waals surface area contributed by atoms with E-state index in [4.69, 9.17) is 8.94 Å². The van der Waals surface area contributed by atoms with E-state index in [9.17, 15) is 4.79 Å². The van der Waals surface area contributed by atoms with Gasteiger partial charge in [0.1, 0.15) is 11.6 Å². The lowest BCUT2D eigenvalue weighted by Gasteiger charge is -2.13. The van der Waals surface area contributed by atoms with E-state index >= 15 is 0 Å². The van der Waals surface area contributed by atoms with Gasteiger partial charge in [-0.25, -0.2) is 4.98 Å². The van der Waals surface area contributed by atoms with Crippen LogP contribution in [0.3, 0.4) is 0 Å². The fraction of sp³-hybridized carbons (Fsp3) is 0.353. The predicted octanol–water partition coefficient (Wildman–Crippen LogP) is 3.69. The van der Waals surface area contributed by atoms with Crippen molar-refractivity contribution in [3.63, 3.8) is 0 Å². The molecule has 1 aromatic carbocycles. The lowest BCUT2D eigenvalue weighted by molar-refractivity contribution is -0.116. The first-order valence-electron chi connectivity index (χ1n) is 7.83. The Morgan fingerprint density at radius 3 is 2.67 bits per heavy atom. The highest BCUT2D eigenvalue weighted by Crippen LogP contribution is 2.24. The van der Waals surface area contributed by atoms with Crippen molar-refractivity contribution in [2.75, 3.05) is 10.6 Å². The summed E-state index contributed by atoms with van der Waals surface area (Å²) < 4.78 is 10.7. The van der Waals surface area contributed by atoms with Crippen LogP contribution in [0.25, 0.3) is 11.1 Å². The van der Waals surface area contributed by atoms with Crippen molar-refractivity contribution in [3.8, 4) is 0 Å². The zero-order chi connectivity index (χ0) is 17.3. The number of carbonyl (C=O) groups excluding carboxylic acids is 1. The van der Waals surface area contributed by atoms with Crippen LogP contribution < -0.4 is 10.6 Å². The predicted molar refractivity (Wildman–Crippen MR) is 91.1 cm³/mol. The molecule has 3 aromatic rings. The zero-order valence-electron chi connectivity index (χ0n) is 14.1. The van der Waals surface area contributed by atoms with Crippen LogP contribution in [-0.2, 0) is 4.79 Å². The molecular weight excluding hydrogens is 308 g/mol. The Bertz CT molecular complexity index is 866. The number of hydrogen-bond donors (Lipinski definition) is 2. The average molecular weight is 328 g/mol. The van der Waals surface area contributed by atoms with E-state index in [-0.39, 0.29) is 11.8 Å². The third kappa shape index (κ3) is 3.40. The zero-order valence-corrected chi connectivity index (χ0v) is 14.1. The van der Waals surface area contributed by atoms with E-state index < -0.39 is 6.04 Å². The summed E-state index contributed by atoms with van der Waals surface area (Å²) in [5.41, 5.74) is 3.01. The van der Waals surface area contributed by atoms with Crippen LogP contribution in [-0.4, -0.2) is 22.1 Å². The summed E-state index contributed by atoms with van der Waals surface area (Å²) >= 11 is 0. The maximum absolute atomic E-state index is 12.2. The van der Waals surface area contributed by atoms with Gasteiger partial charge in [0.05, 0.1) is 5.69 Å². The van der Waals surface area contributed by atoms with Crippen molar-refractivity contribution < 1.29 is 13.7 Å². The lowest BCUT2D eigenvalue weighted by atomic mass is 10.2. The molecule has 2 N–H and O–H groups in total. The number of carbonyl (C=O) groups is 1. The number of oxazole rings is 1. The molecule has 0 saturated carbocycles. The van der Waals surface area contributed by atoms with Crippen molar-refractivity contribution in [1.29, 1.82) is 0 Å². The van der Waals surface area contributed by atoms with Crippen molar-refractivity contribution >= 4 is 28.6 Å². The molecule has 7 heteroatoms. The second kappa shape index (κ2) is 6.35. The van der Waals surface area contributed by atoms with E-state index in [2.05, 4.69) is 20.8 Å². The minimum Gasteiger partial charge on any atom is -0.440 e. The molecular formula is C17H20N4O3. The molecule has 2 aromatic heterocycles. The third-order valence-corrected chi connectivity index (χ3v) is 3.55. The number of amides is 1. The summed E-state index contributed by atoms with van der Waals surface area (Å²) in [6.07, 6.45) is 0. The summed E-state index contributed by atoms with van der Waals surface area (Å²) in [4.78, 5) is 16.7. The maximum atomic E-state index is 12.2. The highest BCUT2D eigenvalue weighted by molar-refractivity contribution is 5.95. The standard InChI is InChI=1S/C17H20N4O3/c1-9(2)17-19-13-8-12(5-6-14(13)23-17)18-11(4)16(22)20-15-7-10(3)21-24-15/h5-9,11,18H,1-4H3,(H,20,22)/t11-/m0/s1. The molecule has 0 spiro atoms. The number of fused-ring (bicyclic) bond motifs is 1. The van der Waals surface area contributed by atoms with Crippen LogP contribution in [0.1, 0.15) is 38.3 Å². The fourth-order valence-corrected chi connectivity index (χ4v) is 2.25. The van der Waals surface area contributed by atoms with Crippen LogP contribution in [0, 0.1) is 6.92 Å². The Balaban J connectivity index is 1.70. The molecule has 3 rings (SSSR count). The number of hydrogen-bond acceptors (Lipinski definition) is 6. The molecule has 0 unspecified atom stereocenters. The first kappa shape index (κ1) is 16.0. The maximum Gasteiger partial charge on any atom is 0.248 e. The smallest absolute Gasteiger partial charge is 0.248 e. The van der Waals surface area contributed by atoms with Crippen LogP contribution in [0.4, 0.5) is 11.6 Å². The SMILES string of the molecule is Cc1cc(NC(=O)[C@H](C)Nc2ccc3oc(C(C)C)nc3c2)on1. The molecule has 0 fully saturated rings. The molecule has 0 aliphatic heterocycles. The molecule has 1 atom stereocenters. The van der Waals surface area contributed by atoms with Gasteiger partial charge in [0.25, 0.3) is 0 Å². The Labute approximate surface area is 139 Å². The molecule has 0 aliphatic rings. The minimum atomic E-state index is -0.454. The summed E-state index contributed by atoms with van der Waals surface area (Å²) in [5.74, 6) is 1.05. The quantitative estimate of drug-likeness (QED) is 0.742. The number of anilines is 2. The fourth-order valence-electron chi connectivity index (χ4n) is 2.25. The van der Waals surface area contributed by atoms with Crippen LogP contribution in [0.5, 0.6) is 0 Å². The van der Waals surface area contributed by atoms with Gasteiger partial charge < -0.3 is 14.3 Å². The van der Waals surface area contributed by atoms with E-state index in [0.717, 1.165) is 16.8 Å². The number of benzene rings is 1. The molecule has 1 amide bonds. The van der Waals surface area contributed by atoms with Gasteiger partial charge in [-0.05, 0) is 32.0 Å². The number of aryl methyl sites for hydroxylation is 1. The molecule has 7 nitrogen and oxygen atoms in total. The number of aromatic nitrogens is 2. The molecule has 0 aliphatic carbocycles. The van der Waals surface area contributed by atoms with Gasteiger partial charge in [0, 0.05) is 17.7 Å². The normalized spacial score (nSPS) is 12.5. The van der Waals surface area contributed by atoms with Gasteiger partial charge in [-0.1, -0.05) is 19.0 Å². The highest BCUT2D eigenvalue weighted by Gasteiger charge is 2.16. The first-order valence-corrected chi connectivity index (χ1v) is 7.83. The van der Waals surface area contributed by atoms with Gasteiger partial charge in [-0.3, -0.25) is 10.1 Å². The summed E-state index contributed by atoms with van der Waals surface area (Å²) in [6, 6.07) is 6.79.